The summed E-state index contributed by atoms with van der Waals surface area (Å²) in [5, 5.41) is 0. The van der Waals surface area contributed by atoms with Crippen LogP contribution in [0.25, 0.3) is 0 Å². The van der Waals surface area contributed by atoms with E-state index < -0.39 is 0 Å². The smallest absolute Gasteiger partial charge is 0.288 e. The number of likely N-dealkylation sites (N-methyl/N-ethyl adjacent to an activating group) is 1. The molecule has 1 fully saturated rings. The molecule has 0 aliphatic carbocycles. The summed E-state index contributed by atoms with van der Waals surface area (Å²) in [5.41, 5.74) is 0.979. The number of hydrogen-bond donors (Lipinski definition) is 0. The van der Waals surface area contributed by atoms with Crippen LogP contribution >= 0.6 is 0 Å². The first-order chi connectivity index (χ1) is 9.97. The molecule has 1 aromatic rings. The fourth-order valence-electron chi connectivity index (χ4n) is 3.05. The van der Waals surface area contributed by atoms with Gasteiger partial charge in [0.1, 0.15) is 5.54 Å². The summed E-state index contributed by atoms with van der Waals surface area (Å²) in [5.74, 6) is 0. The molecule has 114 valence electrons. The molecule has 2 aliphatic rings. The molecule has 0 radical (unpaired) electrons. The maximum Gasteiger partial charge on any atom is 0.288 e. The van der Waals surface area contributed by atoms with Gasteiger partial charge in [-0.05, 0) is 33.4 Å². The fourth-order valence-corrected chi connectivity index (χ4v) is 3.05. The molecule has 21 heavy (non-hydrogen) atoms. The van der Waals surface area contributed by atoms with Crippen molar-refractivity contribution in [3.05, 3.63) is 35.9 Å². The van der Waals surface area contributed by atoms with Crippen LogP contribution < -0.4 is 0 Å². The zero-order chi connectivity index (χ0) is 15.0. The van der Waals surface area contributed by atoms with E-state index in [1.54, 1.807) is 0 Å². The number of nitrogens with zero attached hydrogens (tertiary/aromatic N) is 3. The Balaban J connectivity index is 1.77. The van der Waals surface area contributed by atoms with Gasteiger partial charge in [0.2, 0.25) is 0 Å². The van der Waals surface area contributed by atoms with E-state index in [4.69, 9.17) is 9.73 Å². The summed E-state index contributed by atoms with van der Waals surface area (Å²) in [6.45, 7) is 9.57. The Labute approximate surface area is 127 Å². The SMILES string of the molecule is C[C@@H]1CN(C2=NC(C)(C)C(c3ccccc3)O2)CCN1C. The van der Waals surface area contributed by atoms with Crippen molar-refractivity contribution in [1.29, 1.82) is 0 Å². The van der Waals surface area contributed by atoms with Crippen LogP contribution in [0.3, 0.4) is 0 Å². The zero-order valence-corrected chi connectivity index (χ0v) is 13.4. The van der Waals surface area contributed by atoms with Crippen molar-refractivity contribution in [2.75, 3.05) is 26.7 Å². The van der Waals surface area contributed by atoms with Crippen molar-refractivity contribution in [1.82, 2.24) is 9.80 Å². The Kier molecular flexibility index (Phi) is 3.66. The van der Waals surface area contributed by atoms with Crippen LogP contribution in [0.4, 0.5) is 0 Å². The molecule has 0 amide bonds. The van der Waals surface area contributed by atoms with E-state index in [2.05, 4.69) is 61.9 Å². The maximum atomic E-state index is 6.24. The molecular formula is C17H25N3O. The highest BCUT2D eigenvalue weighted by Crippen LogP contribution is 2.38. The lowest BCUT2D eigenvalue weighted by atomic mass is 9.93. The van der Waals surface area contributed by atoms with Crippen molar-refractivity contribution >= 4 is 6.02 Å². The average molecular weight is 287 g/mol. The molecule has 0 bridgehead atoms. The van der Waals surface area contributed by atoms with Crippen molar-refractivity contribution in [2.45, 2.75) is 38.5 Å². The van der Waals surface area contributed by atoms with Gasteiger partial charge in [-0.3, -0.25) is 0 Å². The van der Waals surface area contributed by atoms with Crippen LogP contribution in [0.2, 0.25) is 0 Å². The Morgan fingerprint density at radius 1 is 1.19 bits per heavy atom. The second-order valence-electron chi connectivity index (χ2n) is 6.73. The van der Waals surface area contributed by atoms with Crippen molar-refractivity contribution < 1.29 is 4.74 Å². The largest absolute Gasteiger partial charge is 0.454 e. The van der Waals surface area contributed by atoms with E-state index in [0.29, 0.717) is 6.04 Å². The van der Waals surface area contributed by atoms with E-state index in [1.807, 2.05) is 6.07 Å². The predicted molar refractivity (Wildman–Crippen MR) is 85.4 cm³/mol. The van der Waals surface area contributed by atoms with Gasteiger partial charge >= 0.3 is 0 Å². The van der Waals surface area contributed by atoms with Crippen LogP contribution in [-0.4, -0.2) is 54.1 Å². The van der Waals surface area contributed by atoms with Gasteiger partial charge in [0.05, 0.1) is 0 Å². The lowest BCUT2D eigenvalue weighted by Crippen LogP contribution is -2.52. The van der Waals surface area contributed by atoms with E-state index >= 15 is 0 Å². The summed E-state index contributed by atoms with van der Waals surface area (Å²) in [4.78, 5) is 9.53. The van der Waals surface area contributed by atoms with E-state index in [1.165, 1.54) is 5.56 Å². The Hall–Kier alpha value is -1.55. The summed E-state index contributed by atoms with van der Waals surface area (Å²) >= 11 is 0. The van der Waals surface area contributed by atoms with Gasteiger partial charge in [-0.25, -0.2) is 4.99 Å². The number of benzene rings is 1. The monoisotopic (exact) mass is 287 g/mol. The number of rotatable bonds is 1. The Morgan fingerprint density at radius 2 is 1.90 bits per heavy atom. The van der Waals surface area contributed by atoms with E-state index in [0.717, 1.165) is 25.7 Å². The maximum absolute atomic E-state index is 6.24. The molecule has 0 spiro atoms. The van der Waals surface area contributed by atoms with Gasteiger partial charge in [-0.2, -0.15) is 0 Å². The van der Waals surface area contributed by atoms with E-state index in [-0.39, 0.29) is 11.6 Å². The van der Waals surface area contributed by atoms with Gasteiger partial charge in [0.25, 0.3) is 6.02 Å². The second-order valence-corrected chi connectivity index (χ2v) is 6.73. The average Bonchev–Trinajstić information content (AvgIpc) is 2.78. The van der Waals surface area contributed by atoms with Crippen LogP contribution in [-0.2, 0) is 4.74 Å². The third-order valence-corrected chi connectivity index (χ3v) is 4.58. The molecule has 1 unspecified atom stereocenters. The minimum Gasteiger partial charge on any atom is -0.454 e. The molecule has 0 aromatic heterocycles. The molecule has 0 N–H and O–H groups in total. The lowest BCUT2D eigenvalue weighted by Gasteiger charge is -2.38. The van der Waals surface area contributed by atoms with Crippen LogP contribution in [0.1, 0.15) is 32.4 Å². The lowest BCUT2D eigenvalue weighted by molar-refractivity contribution is 0.0998. The Bertz CT molecular complexity index is 526. The highest BCUT2D eigenvalue weighted by molar-refractivity contribution is 5.77. The molecule has 1 saturated heterocycles. The number of hydrogen-bond acceptors (Lipinski definition) is 4. The van der Waals surface area contributed by atoms with Gasteiger partial charge in [-0.1, -0.05) is 30.3 Å². The van der Waals surface area contributed by atoms with Gasteiger partial charge in [0.15, 0.2) is 6.10 Å². The molecule has 4 nitrogen and oxygen atoms in total. The van der Waals surface area contributed by atoms with Crippen LogP contribution in [0, 0.1) is 0 Å². The first-order valence-corrected chi connectivity index (χ1v) is 7.74. The van der Waals surface area contributed by atoms with Crippen LogP contribution in [0.15, 0.2) is 35.3 Å². The number of amidine groups is 1. The van der Waals surface area contributed by atoms with Crippen molar-refractivity contribution in [3.63, 3.8) is 0 Å². The zero-order valence-electron chi connectivity index (χ0n) is 13.4. The summed E-state index contributed by atoms with van der Waals surface area (Å²) in [7, 11) is 2.18. The quantitative estimate of drug-likeness (QED) is 0.794. The number of piperazine rings is 1. The summed E-state index contributed by atoms with van der Waals surface area (Å²) < 4.78 is 6.24. The molecule has 2 aliphatic heterocycles. The molecule has 4 heteroatoms. The Morgan fingerprint density at radius 3 is 2.57 bits per heavy atom. The van der Waals surface area contributed by atoms with E-state index in [9.17, 15) is 0 Å². The minimum absolute atomic E-state index is 0.00339. The first kappa shape index (κ1) is 14.4. The third kappa shape index (κ3) is 2.77. The summed E-state index contributed by atoms with van der Waals surface area (Å²) in [6, 6.07) is 11.7. The second kappa shape index (κ2) is 5.34. The molecule has 3 rings (SSSR count). The highest BCUT2D eigenvalue weighted by Gasteiger charge is 2.41. The molecule has 2 heterocycles. The number of aliphatic imine (C=N–C) groups is 1. The number of ether oxygens (including phenoxy) is 1. The minimum atomic E-state index is -0.219. The van der Waals surface area contributed by atoms with Crippen LogP contribution in [0.5, 0.6) is 0 Å². The normalized spacial score (nSPS) is 29.1. The predicted octanol–water partition coefficient (Wildman–Crippen LogP) is 2.53. The van der Waals surface area contributed by atoms with Gasteiger partial charge in [-0.15, -0.1) is 0 Å². The van der Waals surface area contributed by atoms with Gasteiger partial charge < -0.3 is 14.5 Å². The van der Waals surface area contributed by atoms with Crippen molar-refractivity contribution in [2.24, 2.45) is 4.99 Å². The molecule has 0 saturated carbocycles. The first-order valence-electron chi connectivity index (χ1n) is 7.74. The summed E-state index contributed by atoms with van der Waals surface area (Å²) in [6.07, 6.45) is 0.00339. The standard InChI is InChI=1S/C17H25N3O/c1-13-12-20(11-10-19(13)4)16-18-17(2,3)15(21-16)14-8-6-5-7-9-14/h5-9,13,15H,10-12H2,1-4H3/t13-,15?/m1/s1. The molecular weight excluding hydrogens is 262 g/mol. The third-order valence-electron chi connectivity index (χ3n) is 4.58. The topological polar surface area (TPSA) is 28.1 Å². The van der Waals surface area contributed by atoms with Crippen molar-refractivity contribution in [3.8, 4) is 0 Å². The molecule has 1 aromatic carbocycles. The molecule has 2 atom stereocenters. The van der Waals surface area contributed by atoms with Gasteiger partial charge in [0, 0.05) is 25.7 Å². The highest BCUT2D eigenvalue weighted by atomic mass is 16.5. The fraction of sp³-hybridized carbons (Fsp3) is 0.588.